The van der Waals surface area contributed by atoms with Crippen molar-refractivity contribution in [3.05, 3.63) is 42.0 Å². The highest BCUT2D eigenvalue weighted by atomic mass is 19.1. The van der Waals surface area contributed by atoms with E-state index in [0.29, 0.717) is 11.1 Å². The average molecular weight is 192 g/mol. The van der Waals surface area contributed by atoms with E-state index >= 15 is 0 Å². The number of fused-ring (bicyclic) bond motifs is 1. The molecular weight excluding hydrogens is 183 g/mol. The van der Waals surface area contributed by atoms with Crippen LogP contribution in [0.15, 0.2) is 30.6 Å². The molecule has 2 rings (SSSR count). The standard InChI is InChI=1S/C10H9FN2O/c11-7-1-3-13-4-2-8(9(13)5-7)10(14)6-12/h1-5H,6,12H2. The van der Waals surface area contributed by atoms with Crippen LogP contribution < -0.4 is 5.73 Å². The van der Waals surface area contributed by atoms with Crippen molar-refractivity contribution < 1.29 is 9.18 Å². The van der Waals surface area contributed by atoms with Crippen molar-refractivity contribution in [2.24, 2.45) is 5.73 Å². The van der Waals surface area contributed by atoms with Gasteiger partial charge in [0.2, 0.25) is 0 Å². The first-order chi connectivity index (χ1) is 6.72. The Balaban J connectivity index is 2.67. The lowest BCUT2D eigenvalue weighted by molar-refractivity contribution is 0.100. The Morgan fingerprint density at radius 3 is 2.86 bits per heavy atom. The van der Waals surface area contributed by atoms with E-state index in [1.807, 2.05) is 0 Å². The van der Waals surface area contributed by atoms with Gasteiger partial charge in [-0.1, -0.05) is 0 Å². The fourth-order valence-electron chi connectivity index (χ4n) is 1.42. The number of rotatable bonds is 2. The number of halogens is 1. The first kappa shape index (κ1) is 8.90. The second-order valence-corrected chi connectivity index (χ2v) is 2.99. The van der Waals surface area contributed by atoms with E-state index < -0.39 is 0 Å². The van der Waals surface area contributed by atoms with Gasteiger partial charge in [0.15, 0.2) is 5.78 Å². The molecule has 0 amide bonds. The molecule has 0 atom stereocenters. The van der Waals surface area contributed by atoms with Crippen LogP contribution in [-0.2, 0) is 0 Å². The van der Waals surface area contributed by atoms with Crippen molar-refractivity contribution in [1.82, 2.24) is 4.40 Å². The summed E-state index contributed by atoms with van der Waals surface area (Å²) in [4.78, 5) is 11.3. The van der Waals surface area contributed by atoms with E-state index in [1.165, 1.54) is 12.1 Å². The van der Waals surface area contributed by atoms with Crippen molar-refractivity contribution in [1.29, 1.82) is 0 Å². The average Bonchev–Trinajstić information content (AvgIpc) is 2.59. The van der Waals surface area contributed by atoms with E-state index in [1.54, 1.807) is 22.9 Å². The van der Waals surface area contributed by atoms with E-state index in [4.69, 9.17) is 5.73 Å². The van der Waals surface area contributed by atoms with Crippen LogP contribution in [0, 0.1) is 5.82 Å². The molecule has 3 nitrogen and oxygen atoms in total. The van der Waals surface area contributed by atoms with Crippen LogP contribution in [0.25, 0.3) is 5.52 Å². The summed E-state index contributed by atoms with van der Waals surface area (Å²) in [5, 5.41) is 0. The van der Waals surface area contributed by atoms with E-state index in [0.717, 1.165) is 0 Å². The molecule has 2 aromatic rings. The molecule has 0 aromatic carbocycles. The summed E-state index contributed by atoms with van der Waals surface area (Å²) in [5.74, 6) is -0.541. The zero-order valence-electron chi connectivity index (χ0n) is 7.40. The second kappa shape index (κ2) is 3.23. The van der Waals surface area contributed by atoms with Crippen molar-refractivity contribution in [2.75, 3.05) is 6.54 Å². The minimum Gasteiger partial charge on any atom is -0.324 e. The number of nitrogens with zero attached hydrogens (tertiary/aromatic N) is 1. The molecule has 4 heteroatoms. The summed E-state index contributed by atoms with van der Waals surface area (Å²) in [5.41, 5.74) is 6.26. The van der Waals surface area contributed by atoms with Gasteiger partial charge in [-0.05, 0) is 18.2 Å². The van der Waals surface area contributed by atoms with Gasteiger partial charge in [-0.3, -0.25) is 4.79 Å². The maximum absolute atomic E-state index is 12.9. The zero-order valence-corrected chi connectivity index (χ0v) is 7.40. The number of hydrogen-bond acceptors (Lipinski definition) is 2. The third kappa shape index (κ3) is 1.29. The van der Waals surface area contributed by atoms with Crippen LogP contribution in [0.3, 0.4) is 0 Å². The van der Waals surface area contributed by atoms with Crippen LogP contribution in [0.5, 0.6) is 0 Å². The van der Waals surface area contributed by atoms with Gasteiger partial charge < -0.3 is 10.1 Å². The molecule has 0 unspecified atom stereocenters. The SMILES string of the molecule is NCC(=O)c1ccn2ccc(F)cc12. The Kier molecular flexibility index (Phi) is 2.05. The van der Waals surface area contributed by atoms with Crippen LogP contribution in [0.2, 0.25) is 0 Å². The molecule has 0 radical (unpaired) electrons. The van der Waals surface area contributed by atoms with Crippen molar-refractivity contribution in [3.63, 3.8) is 0 Å². The highest BCUT2D eigenvalue weighted by Gasteiger charge is 2.09. The van der Waals surface area contributed by atoms with Crippen LogP contribution in [-0.4, -0.2) is 16.7 Å². The highest BCUT2D eigenvalue weighted by molar-refractivity contribution is 6.03. The number of carbonyl (C=O) groups is 1. The molecule has 72 valence electrons. The molecule has 2 heterocycles. The lowest BCUT2D eigenvalue weighted by Crippen LogP contribution is -2.13. The summed E-state index contributed by atoms with van der Waals surface area (Å²) >= 11 is 0. The smallest absolute Gasteiger partial charge is 0.178 e. The number of pyridine rings is 1. The van der Waals surface area contributed by atoms with Gasteiger partial charge in [-0.2, -0.15) is 0 Å². The monoisotopic (exact) mass is 192 g/mol. The van der Waals surface area contributed by atoms with Gasteiger partial charge in [0.05, 0.1) is 12.1 Å². The van der Waals surface area contributed by atoms with Gasteiger partial charge in [0.1, 0.15) is 5.82 Å². The van der Waals surface area contributed by atoms with Gasteiger partial charge in [0, 0.05) is 18.0 Å². The molecular formula is C10H9FN2O. The summed E-state index contributed by atoms with van der Waals surface area (Å²) in [7, 11) is 0. The molecule has 0 spiro atoms. The Bertz CT molecular complexity index is 490. The Labute approximate surface area is 79.9 Å². The van der Waals surface area contributed by atoms with E-state index in [9.17, 15) is 9.18 Å². The molecule has 0 aliphatic rings. The van der Waals surface area contributed by atoms with Crippen molar-refractivity contribution in [3.8, 4) is 0 Å². The zero-order chi connectivity index (χ0) is 10.1. The highest BCUT2D eigenvalue weighted by Crippen LogP contribution is 2.14. The topological polar surface area (TPSA) is 47.5 Å². The second-order valence-electron chi connectivity index (χ2n) is 2.99. The normalized spacial score (nSPS) is 10.7. The molecule has 0 saturated carbocycles. The van der Waals surface area contributed by atoms with Crippen LogP contribution >= 0.6 is 0 Å². The molecule has 2 aromatic heterocycles. The largest absolute Gasteiger partial charge is 0.324 e. The minimum atomic E-state index is -0.359. The first-order valence-corrected chi connectivity index (χ1v) is 4.22. The minimum absolute atomic E-state index is 0.0593. The van der Waals surface area contributed by atoms with Gasteiger partial charge in [-0.15, -0.1) is 0 Å². The predicted octanol–water partition coefficient (Wildman–Crippen LogP) is 1.22. The number of aromatic nitrogens is 1. The van der Waals surface area contributed by atoms with Gasteiger partial charge >= 0.3 is 0 Å². The number of nitrogens with two attached hydrogens (primary N) is 1. The molecule has 0 aliphatic carbocycles. The third-order valence-electron chi connectivity index (χ3n) is 2.11. The molecule has 0 bridgehead atoms. The van der Waals surface area contributed by atoms with E-state index in [-0.39, 0.29) is 18.1 Å². The van der Waals surface area contributed by atoms with E-state index in [2.05, 4.69) is 0 Å². The molecule has 0 saturated heterocycles. The molecule has 14 heavy (non-hydrogen) atoms. The van der Waals surface area contributed by atoms with Crippen molar-refractivity contribution in [2.45, 2.75) is 0 Å². The Morgan fingerprint density at radius 1 is 1.43 bits per heavy atom. The Hall–Kier alpha value is -1.68. The van der Waals surface area contributed by atoms with Gasteiger partial charge in [0.25, 0.3) is 0 Å². The third-order valence-corrected chi connectivity index (χ3v) is 2.11. The lowest BCUT2D eigenvalue weighted by Gasteiger charge is -1.97. The summed E-state index contributed by atoms with van der Waals surface area (Å²) in [6, 6.07) is 4.30. The van der Waals surface area contributed by atoms with Crippen LogP contribution in [0.4, 0.5) is 4.39 Å². The Morgan fingerprint density at radius 2 is 2.14 bits per heavy atom. The molecule has 0 fully saturated rings. The summed E-state index contributed by atoms with van der Waals surface area (Å²) in [6.07, 6.45) is 3.27. The molecule has 2 N–H and O–H groups in total. The number of hydrogen-bond donors (Lipinski definition) is 1. The predicted molar refractivity (Wildman–Crippen MR) is 50.7 cm³/mol. The maximum atomic E-state index is 12.9. The first-order valence-electron chi connectivity index (χ1n) is 4.22. The number of Topliss-reactive ketones (excluding diaryl/α,β-unsaturated/α-hetero) is 1. The molecule has 0 aliphatic heterocycles. The quantitative estimate of drug-likeness (QED) is 0.727. The summed E-state index contributed by atoms with van der Waals surface area (Å²) < 4.78 is 14.6. The van der Waals surface area contributed by atoms with Crippen LogP contribution in [0.1, 0.15) is 10.4 Å². The number of carbonyl (C=O) groups excluding carboxylic acids is 1. The number of ketones is 1. The fourth-order valence-corrected chi connectivity index (χ4v) is 1.42. The van der Waals surface area contributed by atoms with Gasteiger partial charge in [-0.25, -0.2) is 4.39 Å². The summed E-state index contributed by atoms with van der Waals surface area (Å²) in [6.45, 7) is -0.0593. The van der Waals surface area contributed by atoms with Crippen molar-refractivity contribution >= 4 is 11.3 Å². The fraction of sp³-hybridized carbons (Fsp3) is 0.100. The lowest BCUT2D eigenvalue weighted by atomic mass is 10.2. The maximum Gasteiger partial charge on any atom is 0.178 e.